The maximum Gasteiger partial charge on any atom is 0.281 e. The van der Waals surface area contributed by atoms with Gasteiger partial charge in [-0.1, -0.05) is 49.4 Å². The van der Waals surface area contributed by atoms with Crippen LogP contribution in [0.5, 0.6) is 0 Å². The summed E-state index contributed by atoms with van der Waals surface area (Å²) in [6, 6.07) is 13.3. The number of nitrogens with zero attached hydrogens (tertiary/aromatic N) is 3. The number of aromatic nitrogens is 3. The van der Waals surface area contributed by atoms with E-state index in [0.29, 0.717) is 17.1 Å². The molecule has 0 radical (unpaired) electrons. The van der Waals surface area contributed by atoms with E-state index in [-0.39, 0.29) is 11.5 Å². The van der Waals surface area contributed by atoms with Crippen LogP contribution in [0.4, 0.5) is 5.82 Å². The van der Waals surface area contributed by atoms with Crippen LogP contribution in [0.25, 0.3) is 16.8 Å². The predicted octanol–water partition coefficient (Wildman–Crippen LogP) is 4.71. The molecule has 0 aliphatic heterocycles. The fourth-order valence-electron chi connectivity index (χ4n) is 3.60. The molecule has 0 saturated carbocycles. The van der Waals surface area contributed by atoms with Gasteiger partial charge in [-0.2, -0.15) is 9.78 Å². The van der Waals surface area contributed by atoms with Crippen molar-refractivity contribution in [1.29, 1.82) is 0 Å². The van der Waals surface area contributed by atoms with Crippen molar-refractivity contribution in [2.75, 3.05) is 18.9 Å². The molecule has 1 aromatic heterocycles. The van der Waals surface area contributed by atoms with Crippen LogP contribution in [0, 0.1) is 12.8 Å². The fraction of sp³-hybridized carbons (Fsp3) is 0.269. The van der Waals surface area contributed by atoms with Crippen LogP contribution in [-0.2, 0) is 0 Å². The smallest absolute Gasteiger partial charge is 0.281 e. The molecular weight excluding hydrogens is 398 g/mol. The molecule has 6 nitrogen and oxygen atoms in total. The Balaban J connectivity index is 2.31. The number of aryl methyl sites for hydroxylation is 1. The molecule has 0 amide bonds. The van der Waals surface area contributed by atoms with Crippen LogP contribution in [-0.4, -0.2) is 28.4 Å². The second kappa shape index (κ2) is 11.1. The van der Waals surface area contributed by atoms with Crippen molar-refractivity contribution in [3.05, 3.63) is 94.7 Å². The van der Waals surface area contributed by atoms with Crippen LogP contribution < -0.4 is 16.2 Å². The molecular formula is C26H31N5O. The molecule has 0 fully saturated rings. The highest BCUT2D eigenvalue weighted by atomic mass is 16.1. The van der Waals surface area contributed by atoms with Gasteiger partial charge in [-0.05, 0) is 61.7 Å². The topological polar surface area (TPSA) is 71.8 Å². The molecule has 1 atom stereocenters. The highest BCUT2D eigenvalue weighted by Crippen LogP contribution is 2.23. The van der Waals surface area contributed by atoms with E-state index in [1.54, 1.807) is 12.3 Å². The Hall–Kier alpha value is -3.67. The van der Waals surface area contributed by atoms with E-state index >= 15 is 0 Å². The standard InChI is InChI=1S/C26H31N5O/c1-5-28-24-12-9-17-29-31(23-15-13-19(2)22(14-16-23)18-27-4)26(32)25(20(3)30-24)21-10-7-6-8-11-21/h6-13,15-19,27H,5,14H2,1-4H3,(H,28,30)/b12-9?,22-18-,25-20?,29-17?. The molecule has 1 aliphatic carbocycles. The molecule has 6 heteroatoms. The lowest BCUT2D eigenvalue weighted by molar-refractivity contribution is 0.818. The SMILES string of the molecule is CCNc1cccnn(C2=CC/C(=C/NC)C(C)C=C2)c(=O)c(-c2ccccc2)c(C)n1. The van der Waals surface area contributed by atoms with Gasteiger partial charge in [-0.15, -0.1) is 0 Å². The highest BCUT2D eigenvalue weighted by Gasteiger charge is 2.14. The van der Waals surface area contributed by atoms with Crippen LogP contribution in [0.3, 0.4) is 0 Å². The van der Waals surface area contributed by atoms with E-state index in [4.69, 9.17) is 4.98 Å². The minimum atomic E-state index is -0.218. The molecule has 2 N–H and O–H groups in total. The summed E-state index contributed by atoms with van der Waals surface area (Å²) < 4.78 is 1.47. The van der Waals surface area contributed by atoms with Crippen LogP contribution >= 0.6 is 0 Å². The van der Waals surface area contributed by atoms with Crippen molar-refractivity contribution in [3.63, 3.8) is 0 Å². The monoisotopic (exact) mass is 429 g/mol. The van der Waals surface area contributed by atoms with Gasteiger partial charge in [0.05, 0.1) is 17.0 Å². The summed E-state index contributed by atoms with van der Waals surface area (Å²) in [5.41, 5.74) is 3.72. The quantitative estimate of drug-likeness (QED) is 0.720. The van der Waals surface area contributed by atoms with Gasteiger partial charge in [0.2, 0.25) is 0 Å². The van der Waals surface area contributed by atoms with Crippen molar-refractivity contribution >= 4 is 11.5 Å². The van der Waals surface area contributed by atoms with Gasteiger partial charge < -0.3 is 10.6 Å². The molecule has 1 aliphatic rings. The first kappa shape index (κ1) is 23.0. The van der Waals surface area contributed by atoms with Gasteiger partial charge in [0.25, 0.3) is 5.56 Å². The second-order valence-electron chi connectivity index (χ2n) is 7.58. The van der Waals surface area contributed by atoms with E-state index in [2.05, 4.69) is 28.7 Å². The van der Waals surface area contributed by atoms with Crippen LogP contribution in [0.15, 0.2) is 83.5 Å². The van der Waals surface area contributed by atoms with Crippen molar-refractivity contribution in [3.8, 4) is 11.1 Å². The molecule has 0 bridgehead atoms. The Bertz CT molecular complexity index is 1140. The van der Waals surface area contributed by atoms with Crippen LogP contribution in [0.1, 0.15) is 26.0 Å². The lowest BCUT2D eigenvalue weighted by Gasteiger charge is -2.08. The molecule has 166 valence electrons. The third-order valence-corrected chi connectivity index (χ3v) is 5.26. The normalized spacial score (nSPS) is 16.7. The summed E-state index contributed by atoms with van der Waals surface area (Å²) >= 11 is 0. The Morgan fingerprint density at radius 2 is 1.97 bits per heavy atom. The summed E-state index contributed by atoms with van der Waals surface area (Å²) in [4.78, 5) is 18.6. The Labute approximate surface area is 189 Å². The minimum Gasteiger partial charge on any atom is -0.394 e. The molecule has 1 aromatic carbocycles. The van der Waals surface area contributed by atoms with E-state index in [0.717, 1.165) is 24.2 Å². The molecule has 1 unspecified atom stereocenters. The molecule has 2 aromatic rings. The maximum absolute atomic E-state index is 13.9. The number of hydrogen-bond donors (Lipinski definition) is 2. The third-order valence-electron chi connectivity index (χ3n) is 5.26. The minimum absolute atomic E-state index is 0.218. The van der Waals surface area contributed by atoms with Crippen LogP contribution in [0.2, 0.25) is 0 Å². The Morgan fingerprint density at radius 1 is 1.19 bits per heavy atom. The van der Waals surface area contributed by atoms with E-state index in [9.17, 15) is 4.79 Å². The van der Waals surface area contributed by atoms with Gasteiger partial charge in [0.1, 0.15) is 5.82 Å². The van der Waals surface area contributed by atoms with Gasteiger partial charge in [0.15, 0.2) is 0 Å². The first-order valence-corrected chi connectivity index (χ1v) is 10.9. The molecule has 0 spiro atoms. The number of rotatable bonds is 5. The summed E-state index contributed by atoms with van der Waals surface area (Å²) in [6.07, 6.45) is 10.5. The molecule has 32 heavy (non-hydrogen) atoms. The molecule has 3 rings (SSSR count). The number of allylic oxidation sites excluding steroid dienone is 5. The average molecular weight is 430 g/mol. The first-order chi connectivity index (χ1) is 15.5. The van der Waals surface area contributed by atoms with Gasteiger partial charge in [0, 0.05) is 19.8 Å². The van der Waals surface area contributed by atoms with Gasteiger partial charge in [-0.25, -0.2) is 4.98 Å². The maximum atomic E-state index is 13.9. The third kappa shape index (κ3) is 5.52. The van der Waals surface area contributed by atoms with Crippen molar-refractivity contribution in [1.82, 2.24) is 20.1 Å². The summed E-state index contributed by atoms with van der Waals surface area (Å²) in [6.45, 7) is 6.74. The van der Waals surface area contributed by atoms with Crippen molar-refractivity contribution in [2.24, 2.45) is 5.92 Å². The number of benzene rings is 1. The zero-order chi connectivity index (χ0) is 22.9. The predicted molar refractivity (Wildman–Crippen MR) is 133 cm³/mol. The van der Waals surface area contributed by atoms with Gasteiger partial charge in [-0.3, -0.25) is 4.79 Å². The first-order valence-electron chi connectivity index (χ1n) is 10.9. The Morgan fingerprint density at radius 3 is 2.69 bits per heavy atom. The zero-order valence-electron chi connectivity index (χ0n) is 19.2. The number of nitrogens with one attached hydrogen (secondary N) is 2. The lowest BCUT2D eigenvalue weighted by atomic mass is 10.0. The van der Waals surface area contributed by atoms with Crippen molar-refractivity contribution in [2.45, 2.75) is 27.2 Å². The number of anilines is 1. The summed E-state index contributed by atoms with van der Waals surface area (Å²) in [5.74, 6) is 0.949. The lowest BCUT2D eigenvalue weighted by Crippen LogP contribution is -2.22. The summed E-state index contributed by atoms with van der Waals surface area (Å²) in [7, 11) is 1.89. The number of hydrogen-bond acceptors (Lipinski definition) is 5. The zero-order valence-corrected chi connectivity index (χ0v) is 19.2. The van der Waals surface area contributed by atoms with E-state index in [1.807, 2.05) is 75.6 Å². The fourth-order valence-corrected chi connectivity index (χ4v) is 3.60. The molecule has 1 heterocycles. The van der Waals surface area contributed by atoms with Crippen molar-refractivity contribution < 1.29 is 0 Å². The Kier molecular flexibility index (Phi) is 7.97. The van der Waals surface area contributed by atoms with E-state index < -0.39 is 0 Å². The van der Waals surface area contributed by atoms with Gasteiger partial charge >= 0.3 is 0 Å². The average Bonchev–Trinajstić information content (AvgIpc) is 2.96. The largest absolute Gasteiger partial charge is 0.394 e. The van der Waals surface area contributed by atoms with E-state index in [1.165, 1.54) is 10.3 Å². The molecule has 0 saturated heterocycles. The second-order valence-corrected chi connectivity index (χ2v) is 7.58. The highest BCUT2D eigenvalue weighted by molar-refractivity contribution is 5.66. The summed E-state index contributed by atoms with van der Waals surface area (Å²) in [5, 5.41) is 10.9.